The molecule has 3 heterocycles. The third-order valence-corrected chi connectivity index (χ3v) is 7.89. The van der Waals surface area contributed by atoms with Gasteiger partial charge in [0.05, 0.1) is 17.8 Å². The second-order valence-corrected chi connectivity index (χ2v) is 10.6. The number of anilines is 3. The molecule has 5 rings (SSSR count). The smallest absolute Gasteiger partial charge is 0.155 e. The zero-order valence-electron chi connectivity index (χ0n) is 23.9. The molecule has 9 heteroatoms. The summed E-state index contributed by atoms with van der Waals surface area (Å²) in [6.45, 7) is 11.8. The minimum Gasteiger partial charge on any atom is -0.491 e. The van der Waals surface area contributed by atoms with Crippen LogP contribution in [-0.2, 0) is 4.79 Å². The van der Waals surface area contributed by atoms with Crippen molar-refractivity contribution in [1.82, 2.24) is 9.97 Å². The summed E-state index contributed by atoms with van der Waals surface area (Å²) in [4.78, 5) is 27.2. The van der Waals surface area contributed by atoms with E-state index < -0.39 is 0 Å². The topological polar surface area (TPSA) is 113 Å². The molecule has 2 aromatic carbocycles. The summed E-state index contributed by atoms with van der Waals surface area (Å²) in [7, 11) is 0. The number of benzene rings is 2. The molecule has 2 aliphatic heterocycles. The number of carbonyl (C=O) groups is 1. The van der Waals surface area contributed by atoms with E-state index in [2.05, 4.69) is 44.4 Å². The number of hydrogen-bond donors (Lipinski definition) is 2. The highest BCUT2D eigenvalue weighted by Crippen LogP contribution is 2.41. The van der Waals surface area contributed by atoms with E-state index in [-0.39, 0.29) is 5.78 Å². The van der Waals surface area contributed by atoms with E-state index >= 15 is 0 Å². The van der Waals surface area contributed by atoms with Gasteiger partial charge in [-0.15, -0.1) is 0 Å². The Morgan fingerprint density at radius 1 is 1.26 bits per heavy atom. The lowest BCUT2D eigenvalue weighted by atomic mass is 9.85. The molecule has 0 saturated carbocycles. The van der Waals surface area contributed by atoms with Gasteiger partial charge in [0.1, 0.15) is 35.7 Å². The molecule has 1 aromatic heterocycles. The fourth-order valence-electron chi connectivity index (χ4n) is 5.66. The first kappa shape index (κ1) is 28.7. The number of rotatable bonds is 11. The molecule has 1 unspecified atom stereocenters. The van der Waals surface area contributed by atoms with Crippen LogP contribution in [0.1, 0.15) is 31.2 Å². The van der Waals surface area contributed by atoms with Crippen LogP contribution in [-0.4, -0.2) is 48.0 Å². The van der Waals surface area contributed by atoms with E-state index in [9.17, 15) is 4.79 Å². The maximum absolute atomic E-state index is 11.9. The highest BCUT2D eigenvalue weighted by atomic mass is 16.5. The van der Waals surface area contributed by atoms with Gasteiger partial charge >= 0.3 is 0 Å². The molecule has 2 bridgehead atoms. The Morgan fingerprint density at radius 2 is 2.14 bits per heavy atom. The molecular weight excluding hydrogens is 528 g/mol. The average Bonchev–Trinajstić information content (AvgIpc) is 3.31. The fourth-order valence-corrected chi connectivity index (χ4v) is 5.66. The number of hydrogen-bond acceptors (Lipinski definition) is 8. The normalized spacial score (nSPS) is 18.4. The number of aromatic nitrogens is 2. The monoisotopic (exact) mass is 564 g/mol. The van der Waals surface area contributed by atoms with Crippen molar-refractivity contribution in [1.29, 1.82) is 5.41 Å². The van der Waals surface area contributed by atoms with Gasteiger partial charge in [-0.05, 0) is 80.2 Å². The SMILES string of the molecule is C=CC(=O)CCC1CCCN2C[C@@H]1COc1cc3ncnc(Nc4ccc(O/C(C=C)=C/C=NC=N)c(C)c4)c3cc12. The van der Waals surface area contributed by atoms with Gasteiger partial charge in [-0.2, -0.15) is 0 Å². The van der Waals surface area contributed by atoms with Gasteiger partial charge in [0.2, 0.25) is 0 Å². The number of nitrogens with zero attached hydrogens (tertiary/aromatic N) is 4. The Kier molecular flexibility index (Phi) is 9.06. The van der Waals surface area contributed by atoms with Crippen molar-refractivity contribution in [2.45, 2.75) is 32.6 Å². The molecule has 2 atom stereocenters. The first-order valence-electron chi connectivity index (χ1n) is 14.2. The van der Waals surface area contributed by atoms with Crippen molar-refractivity contribution in [2.24, 2.45) is 16.8 Å². The second-order valence-electron chi connectivity index (χ2n) is 10.6. The molecule has 0 aliphatic carbocycles. The molecule has 2 N–H and O–H groups in total. The Morgan fingerprint density at radius 3 is 2.93 bits per heavy atom. The zero-order valence-corrected chi connectivity index (χ0v) is 23.9. The Balaban J connectivity index is 1.38. The number of nitrogens with one attached hydrogen (secondary N) is 2. The Labute approximate surface area is 246 Å². The number of aryl methyl sites for hydroxylation is 1. The number of allylic oxidation sites excluding steroid dienone is 3. The van der Waals surface area contributed by atoms with Crippen LogP contribution in [0.4, 0.5) is 17.2 Å². The standard InChI is InChI=1S/C33H36N6O3/c1-4-26(40)10-8-23-7-6-14-39-18-24(23)19-41-32-17-29-28(16-30(32)39)33(37-21-36-29)38-25-9-11-31(22(3)15-25)42-27(5-2)12-13-35-20-34/h4-5,9,11-13,15-17,20-21,23-24,34H,1-2,6-8,10,14,18-19H2,3H3,(H,36,37,38)/b27-12+,34-20?,35-13?/t23?,24-/m1/s1. The highest BCUT2D eigenvalue weighted by Gasteiger charge is 2.32. The van der Waals surface area contributed by atoms with Crippen molar-refractivity contribution in [3.8, 4) is 11.5 Å². The Hall–Kier alpha value is -4.79. The van der Waals surface area contributed by atoms with Crippen molar-refractivity contribution in [2.75, 3.05) is 29.9 Å². The number of ketones is 1. The van der Waals surface area contributed by atoms with Gasteiger partial charge in [-0.3, -0.25) is 10.2 Å². The maximum atomic E-state index is 11.9. The molecule has 0 radical (unpaired) electrons. The lowest BCUT2D eigenvalue weighted by molar-refractivity contribution is -0.115. The van der Waals surface area contributed by atoms with Crippen molar-refractivity contribution in [3.63, 3.8) is 0 Å². The van der Waals surface area contributed by atoms with Crippen LogP contribution < -0.4 is 19.7 Å². The van der Waals surface area contributed by atoms with Crippen molar-refractivity contribution >= 4 is 46.4 Å². The van der Waals surface area contributed by atoms with Gasteiger partial charge in [0.15, 0.2) is 5.78 Å². The number of aliphatic imine (C=N–C) groups is 1. The summed E-state index contributed by atoms with van der Waals surface area (Å²) in [5.74, 6) is 3.68. The molecule has 0 spiro atoms. The van der Waals surface area contributed by atoms with Crippen LogP contribution in [0.5, 0.6) is 11.5 Å². The van der Waals surface area contributed by atoms with Gasteiger partial charge in [-0.1, -0.05) is 13.2 Å². The predicted octanol–water partition coefficient (Wildman–Crippen LogP) is 6.57. The van der Waals surface area contributed by atoms with Crippen molar-refractivity contribution in [3.05, 3.63) is 79.4 Å². The van der Waals surface area contributed by atoms with Gasteiger partial charge < -0.3 is 19.7 Å². The maximum Gasteiger partial charge on any atom is 0.155 e. The quantitative estimate of drug-likeness (QED) is 0.0890. The predicted molar refractivity (Wildman–Crippen MR) is 169 cm³/mol. The second kappa shape index (κ2) is 13.2. The summed E-state index contributed by atoms with van der Waals surface area (Å²) >= 11 is 0. The van der Waals surface area contributed by atoms with E-state index in [0.29, 0.717) is 42.2 Å². The third-order valence-electron chi connectivity index (χ3n) is 7.89. The van der Waals surface area contributed by atoms with Crippen LogP contribution in [0, 0.1) is 24.2 Å². The fraction of sp³-hybridized carbons (Fsp3) is 0.303. The Bertz CT molecular complexity index is 1560. The summed E-state index contributed by atoms with van der Waals surface area (Å²) in [6.07, 6.45) is 12.3. The molecule has 216 valence electrons. The average molecular weight is 565 g/mol. The van der Waals surface area contributed by atoms with Crippen LogP contribution in [0.25, 0.3) is 10.9 Å². The van der Waals surface area contributed by atoms with Crippen LogP contribution in [0.2, 0.25) is 0 Å². The largest absolute Gasteiger partial charge is 0.491 e. The number of fused-ring (bicyclic) bond motifs is 5. The van der Waals surface area contributed by atoms with Crippen LogP contribution in [0.15, 0.2) is 78.8 Å². The van der Waals surface area contributed by atoms with Gasteiger partial charge in [0, 0.05) is 48.8 Å². The van der Waals surface area contributed by atoms with E-state index in [1.54, 1.807) is 18.5 Å². The lowest BCUT2D eigenvalue weighted by Crippen LogP contribution is -2.31. The molecule has 42 heavy (non-hydrogen) atoms. The van der Waals surface area contributed by atoms with Gasteiger partial charge in [0.25, 0.3) is 0 Å². The molecule has 1 fully saturated rings. The number of carbonyl (C=O) groups excluding carboxylic acids is 1. The van der Waals surface area contributed by atoms with E-state index in [0.717, 1.165) is 72.3 Å². The van der Waals surface area contributed by atoms with E-state index in [4.69, 9.17) is 14.9 Å². The molecule has 1 saturated heterocycles. The number of ether oxygens (including phenoxy) is 2. The molecular formula is C33H36N6O3. The van der Waals surface area contributed by atoms with Crippen molar-refractivity contribution < 1.29 is 14.3 Å². The zero-order chi connectivity index (χ0) is 29.5. The molecule has 9 nitrogen and oxygen atoms in total. The third kappa shape index (κ3) is 6.57. The highest BCUT2D eigenvalue weighted by molar-refractivity contribution is 5.95. The minimum atomic E-state index is 0.111. The molecule has 0 amide bonds. The lowest BCUT2D eigenvalue weighted by Gasteiger charge is -2.26. The van der Waals surface area contributed by atoms with E-state index in [1.807, 2.05) is 31.2 Å². The summed E-state index contributed by atoms with van der Waals surface area (Å²) in [6, 6.07) is 9.98. The van der Waals surface area contributed by atoms with Crippen LogP contribution >= 0.6 is 0 Å². The summed E-state index contributed by atoms with van der Waals surface area (Å²) < 4.78 is 12.3. The molecule has 2 aliphatic rings. The summed E-state index contributed by atoms with van der Waals surface area (Å²) in [5.41, 5.74) is 3.66. The van der Waals surface area contributed by atoms with Crippen LogP contribution in [0.3, 0.4) is 0 Å². The molecule has 3 aromatic rings. The first-order valence-corrected chi connectivity index (χ1v) is 14.2. The van der Waals surface area contributed by atoms with E-state index in [1.165, 1.54) is 12.3 Å². The minimum absolute atomic E-state index is 0.111. The van der Waals surface area contributed by atoms with Gasteiger partial charge in [-0.25, -0.2) is 15.0 Å². The summed E-state index contributed by atoms with van der Waals surface area (Å²) in [5, 5.41) is 11.4. The first-order chi connectivity index (χ1) is 20.5.